The van der Waals surface area contributed by atoms with Crippen LogP contribution in [-0.4, -0.2) is 30.1 Å². The van der Waals surface area contributed by atoms with Gasteiger partial charge in [0.15, 0.2) is 0 Å². The molecule has 0 unspecified atom stereocenters. The minimum absolute atomic E-state index is 1.02. The molecule has 1 aliphatic rings. The van der Waals surface area contributed by atoms with Gasteiger partial charge in [-0.15, -0.1) is 0 Å². The molecule has 0 bridgehead atoms. The molecule has 0 aromatic carbocycles. The van der Waals surface area contributed by atoms with Crippen molar-refractivity contribution in [2.24, 2.45) is 0 Å². The van der Waals surface area contributed by atoms with Gasteiger partial charge in [-0.1, -0.05) is 12.2 Å². The first-order chi connectivity index (χ1) is 4.83. The van der Waals surface area contributed by atoms with Gasteiger partial charge < -0.3 is 9.80 Å². The Morgan fingerprint density at radius 2 is 2.30 bits per heavy atom. The van der Waals surface area contributed by atoms with Crippen LogP contribution in [0.15, 0.2) is 24.6 Å². The molecule has 56 valence electrons. The minimum atomic E-state index is 1.02. The summed E-state index contributed by atoms with van der Waals surface area (Å²) < 4.78 is 0. The van der Waals surface area contributed by atoms with Crippen molar-refractivity contribution >= 4 is 0 Å². The summed E-state index contributed by atoms with van der Waals surface area (Å²) in [6.07, 6.45) is 8.43. The Hall–Kier alpha value is -0.920. The third-order valence-electron chi connectivity index (χ3n) is 1.51. The molecular weight excluding hydrogens is 124 g/mol. The van der Waals surface area contributed by atoms with Crippen LogP contribution in [0.1, 0.15) is 6.92 Å². The van der Waals surface area contributed by atoms with Crippen molar-refractivity contribution in [1.29, 1.82) is 0 Å². The molecular formula is C8H14N2. The summed E-state index contributed by atoms with van der Waals surface area (Å²) in [5.74, 6) is 0. The van der Waals surface area contributed by atoms with Crippen LogP contribution < -0.4 is 0 Å². The third kappa shape index (κ3) is 1.79. The molecule has 0 atom stereocenters. The van der Waals surface area contributed by atoms with E-state index in [4.69, 9.17) is 0 Å². The molecule has 0 amide bonds. The summed E-state index contributed by atoms with van der Waals surface area (Å²) in [7, 11) is 2.08. The predicted molar refractivity (Wildman–Crippen MR) is 43.3 cm³/mol. The first-order valence-electron chi connectivity index (χ1n) is 3.56. The van der Waals surface area contributed by atoms with Crippen molar-refractivity contribution in [2.75, 3.05) is 20.3 Å². The molecule has 2 heteroatoms. The summed E-state index contributed by atoms with van der Waals surface area (Å²) in [6, 6.07) is 0. The van der Waals surface area contributed by atoms with Gasteiger partial charge >= 0.3 is 0 Å². The van der Waals surface area contributed by atoms with Crippen LogP contribution in [0.2, 0.25) is 0 Å². The Morgan fingerprint density at radius 3 is 2.80 bits per heavy atom. The summed E-state index contributed by atoms with van der Waals surface area (Å²) >= 11 is 0. The van der Waals surface area contributed by atoms with E-state index in [1.165, 1.54) is 0 Å². The third-order valence-corrected chi connectivity index (χ3v) is 1.51. The maximum atomic E-state index is 2.25. The molecule has 2 nitrogen and oxygen atoms in total. The molecule has 0 saturated carbocycles. The Morgan fingerprint density at radius 1 is 1.50 bits per heavy atom. The smallest absolute Gasteiger partial charge is 0.0894 e. The number of rotatable bonds is 2. The van der Waals surface area contributed by atoms with Crippen molar-refractivity contribution in [3.63, 3.8) is 0 Å². The molecule has 0 radical (unpaired) electrons. The largest absolute Gasteiger partial charge is 0.362 e. The fourth-order valence-corrected chi connectivity index (χ4v) is 0.948. The molecule has 1 aliphatic heterocycles. The van der Waals surface area contributed by atoms with Crippen LogP contribution in [0.4, 0.5) is 0 Å². The second kappa shape index (κ2) is 3.30. The molecule has 0 spiro atoms. The van der Waals surface area contributed by atoms with Gasteiger partial charge in [0.05, 0.1) is 6.67 Å². The van der Waals surface area contributed by atoms with Gasteiger partial charge in [-0.05, 0) is 6.92 Å². The van der Waals surface area contributed by atoms with Gasteiger partial charge in [-0.3, -0.25) is 0 Å². The van der Waals surface area contributed by atoms with E-state index in [1.807, 2.05) is 6.92 Å². The molecule has 0 aliphatic carbocycles. The second-order valence-corrected chi connectivity index (χ2v) is 2.54. The maximum Gasteiger partial charge on any atom is 0.0894 e. The fraction of sp³-hybridized carbons (Fsp3) is 0.500. The van der Waals surface area contributed by atoms with Crippen molar-refractivity contribution < 1.29 is 0 Å². The molecule has 10 heavy (non-hydrogen) atoms. The van der Waals surface area contributed by atoms with Gasteiger partial charge in [0.1, 0.15) is 0 Å². The van der Waals surface area contributed by atoms with Crippen LogP contribution >= 0.6 is 0 Å². The zero-order chi connectivity index (χ0) is 7.40. The molecule has 0 N–H and O–H groups in total. The highest BCUT2D eigenvalue weighted by Crippen LogP contribution is 2.02. The highest BCUT2D eigenvalue weighted by molar-refractivity contribution is 4.93. The van der Waals surface area contributed by atoms with E-state index in [0.717, 1.165) is 13.2 Å². The lowest BCUT2D eigenvalue weighted by Gasteiger charge is -2.15. The van der Waals surface area contributed by atoms with Gasteiger partial charge in [-0.2, -0.15) is 0 Å². The van der Waals surface area contributed by atoms with Gasteiger partial charge in [0.25, 0.3) is 0 Å². The minimum Gasteiger partial charge on any atom is -0.362 e. The van der Waals surface area contributed by atoms with Gasteiger partial charge in [-0.25, -0.2) is 0 Å². The zero-order valence-electron chi connectivity index (χ0n) is 6.62. The van der Waals surface area contributed by atoms with Crippen molar-refractivity contribution in [3.8, 4) is 0 Å². The van der Waals surface area contributed by atoms with Crippen molar-refractivity contribution in [1.82, 2.24) is 9.80 Å². The fourth-order valence-electron chi connectivity index (χ4n) is 0.948. The first kappa shape index (κ1) is 7.19. The Labute approximate surface area is 62.4 Å². The number of hydrogen-bond acceptors (Lipinski definition) is 2. The van der Waals surface area contributed by atoms with Crippen LogP contribution in [0.3, 0.4) is 0 Å². The molecule has 0 aromatic heterocycles. The highest BCUT2D eigenvalue weighted by Gasteiger charge is 2.04. The van der Waals surface area contributed by atoms with E-state index in [2.05, 4.69) is 41.4 Å². The molecule has 0 saturated heterocycles. The zero-order valence-corrected chi connectivity index (χ0v) is 6.62. The Bertz CT molecular complexity index is 149. The molecule has 0 fully saturated rings. The summed E-state index contributed by atoms with van der Waals surface area (Å²) in [4.78, 5) is 4.41. The topological polar surface area (TPSA) is 6.48 Å². The van der Waals surface area contributed by atoms with E-state index in [1.54, 1.807) is 0 Å². The van der Waals surface area contributed by atoms with Crippen molar-refractivity contribution in [3.05, 3.63) is 24.6 Å². The average Bonchev–Trinajstić information content (AvgIpc) is 2.31. The summed E-state index contributed by atoms with van der Waals surface area (Å²) in [5, 5.41) is 0. The lowest BCUT2D eigenvalue weighted by molar-refractivity contribution is 0.318. The Balaban J connectivity index is 2.26. The second-order valence-electron chi connectivity index (χ2n) is 2.54. The first-order valence-corrected chi connectivity index (χ1v) is 3.56. The van der Waals surface area contributed by atoms with Crippen LogP contribution in [0.25, 0.3) is 0 Å². The normalized spacial score (nSPS) is 17.8. The number of nitrogens with zero attached hydrogens (tertiary/aromatic N) is 2. The van der Waals surface area contributed by atoms with E-state index >= 15 is 0 Å². The lowest BCUT2D eigenvalue weighted by Crippen LogP contribution is -2.22. The van der Waals surface area contributed by atoms with Crippen LogP contribution in [-0.2, 0) is 0 Å². The van der Waals surface area contributed by atoms with Crippen LogP contribution in [0, 0.1) is 0 Å². The quantitative estimate of drug-likeness (QED) is 0.530. The Kier molecular flexibility index (Phi) is 2.37. The van der Waals surface area contributed by atoms with E-state index in [-0.39, 0.29) is 0 Å². The molecule has 1 heterocycles. The maximum absolute atomic E-state index is 2.25. The molecule has 0 aromatic rings. The molecule has 1 rings (SSSR count). The van der Waals surface area contributed by atoms with Crippen LogP contribution in [0.5, 0.6) is 0 Å². The van der Waals surface area contributed by atoms with E-state index < -0.39 is 0 Å². The van der Waals surface area contributed by atoms with Gasteiger partial charge in [0, 0.05) is 26.0 Å². The van der Waals surface area contributed by atoms with E-state index in [9.17, 15) is 0 Å². The standard InChI is InChI=1S/C8H14N2/c1-3-4-5-10-7-6-9(2)8-10/h3-4,6-7H,5,8H2,1-2H3. The predicted octanol–water partition coefficient (Wildman–Crippen LogP) is 1.24. The van der Waals surface area contributed by atoms with E-state index in [0.29, 0.717) is 0 Å². The highest BCUT2D eigenvalue weighted by atomic mass is 15.3. The number of allylic oxidation sites excluding steroid dienone is 1. The average molecular weight is 138 g/mol. The van der Waals surface area contributed by atoms with Crippen molar-refractivity contribution in [2.45, 2.75) is 6.92 Å². The monoisotopic (exact) mass is 138 g/mol. The lowest BCUT2D eigenvalue weighted by atomic mass is 10.5. The number of hydrogen-bond donors (Lipinski definition) is 0. The SMILES string of the molecule is CC=CCN1C=CN(C)C1. The van der Waals surface area contributed by atoms with Gasteiger partial charge in [0.2, 0.25) is 0 Å². The summed E-state index contributed by atoms with van der Waals surface area (Å²) in [5.41, 5.74) is 0. The summed E-state index contributed by atoms with van der Waals surface area (Å²) in [6.45, 7) is 4.09.